The number of benzene rings is 2. The zero-order chi connectivity index (χ0) is 21.2. The summed E-state index contributed by atoms with van der Waals surface area (Å²) < 4.78 is 29.0. The van der Waals surface area contributed by atoms with Gasteiger partial charge in [-0.05, 0) is 43.7 Å². The van der Waals surface area contributed by atoms with Gasteiger partial charge in [-0.3, -0.25) is 4.79 Å². The fraction of sp³-hybridized carbons (Fsp3) is 0.333. The average Bonchev–Trinajstić information content (AvgIpc) is 2.99. The fourth-order valence-electron chi connectivity index (χ4n) is 3.40. The number of amides is 1. The van der Waals surface area contributed by atoms with Crippen LogP contribution in [0, 0.1) is 13.8 Å². The number of sulfonamides is 1. The van der Waals surface area contributed by atoms with Crippen LogP contribution in [0.5, 0.6) is 0 Å². The topological polar surface area (TPSA) is 84.3 Å². The van der Waals surface area contributed by atoms with E-state index >= 15 is 0 Å². The lowest BCUT2D eigenvalue weighted by molar-refractivity contribution is -0.116. The first-order valence-electron chi connectivity index (χ1n) is 9.60. The number of para-hydroxylation sites is 2. The Hall–Kier alpha value is -2.71. The highest BCUT2D eigenvalue weighted by Gasteiger charge is 2.24. The molecule has 29 heavy (non-hydrogen) atoms. The Bertz CT molecular complexity index is 1150. The normalized spacial score (nSPS) is 11.9. The Labute approximate surface area is 171 Å². The van der Waals surface area contributed by atoms with E-state index in [0.717, 1.165) is 16.9 Å². The number of nitrogens with zero attached hydrogens (tertiary/aromatic N) is 3. The van der Waals surface area contributed by atoms with Gasteiger partial charge < -0.3 is 9.88 Å². The molecule has 154 valence electrons. The van der Waals surface area contributed by atoms with E-state index in [-0.39, 0.29) is 17.3 Å². The first-order chi connectivity index (χ1) is 13.8. The van der Waals surface area contributed by atoms with Crippen molar-refractivity contribution >= 4 is 32.7 Å². The van der Waals surface area contributed by atoms with Gasteiger partial charge in [-0.25, -0.2) is 13.4 Å². The standard InChI is InChI=1S/C21H26N4O3S/c1-5-24(6-2)29(27,28)20-13-17(12-11-15(20)3)23-21(26)14-25-16(4)22-18-9-7-8-10-19(18)25/h7-13H,5-6,14H2,1-4H3,(H,23,26). The van der Waals surface area contributed by atoms with Gasteiger partial charge in [0.15, 0.2) is 0 Å². The Kier molecular flexibility index (Phi) is 6.04. The second kappa shape index (κ2) is 8.34. The van der Waals surface area contributed by atoms with Crippen molar-refractivity contribution in [3.05, 3.63) is 53.9 Å². The molecule has 0 aliphatic carbocycles. The molecule has 0 fully saturated rings. The average molecular weight is 415 g/mol. The third-order valence-corrected chi connectivity index (χ3v) is 7.13. The molecule has 0 aliphatic rings. The van der Waals surface area contributed by atoms with Gasteiger partial charge in [-0.2, -0.15) is 4.31 Å². The summed E-state index contributed by atoms with van der Waals surface area (Å²) in [5.41, 5.74) is 2.81. The largest absolute Gasteiger partial charge is 0.324 e. The zero-order valence-electron chi connectivity index (χ0n) is 17.1. The molecule has 3 aromatic rings. The van der Waals surface area contributed by atoms with Crippen LogP contribution < -0.4 is 5.32 Å². The molecule has 0 radical (unpaired) electrons. The molecule has 1 N–H and O–H groups in total. The van der Waals surface area contributed by atoms with Crippen LogP contribution in [-0.4, -0.2) is 41.3 Å². The SMILES string of the molecule is CCN(CC)S(=O)(=O)c1cc(NC(=O)Cn2c(C)nc3ccccc32)ccc1C. The van der Waals surface area contributed by atoms with Crippen LogP contribution in [0.25, 0.3) is 11.0 Å². The molecule has 0 atom stereocenters. The Morgan fingerprint density at radius 2 is 1.79 bits per heavy atom. The second-order valence-corrected chi connectivity index (χ2v) is 8.76. The van der Waals surface area contributed by atoms with Gasteiger partial charge in [0.25, 0.3) is 0 Å². The van der Waals surface area contributed by atoms with Crippen LogP contribution in [0.4, 0.5) is 5.69 Å². The van der Waals surface area contributed by atoms with Crippen molar-refractivity contribution in [3.8, 4) is 0 Å². The highest BCUT2D eigenvalue weighted by Crippen LogP contribution is 2.24. The molecule has 0 saturated carbocycles. The minimum absolute atomic E-state index is 0.0956. The minimum atomic E-state index is -3.61. The maximum absolute atomic E-state index is 12.9. The van der Waals surface area contributed by atoms with E-state index in [9.17, 15) is 13.2 Å². The monoisotopic (exact) mass is 414 g/mol. The van der Waals surface area contributed by atoms with Crippen molar-refractivity contribution in [2.24, 2.45) is 0 Å². The summed E-state index contributed by atoms with van der Waals surface area (Å²) in [6.45, 7) is 8.10. The molecule has 2 aromatic carbocycles. The molecule has 7 nitrogen and oxygen atoms in total. The van der Waals surface area contributed by atoms with E-state index in [0.29, 0.717) is 24.3 Å². The number of nitrogens with one attached hydrogen (secondary N) is 1. The molecule has 3 rings (SSSR count). The lowest BCUT2D eigenvalue weighted by Gasteiger charge is -2.20. The molecule has 0 unspecified atom stereocenters. The summed E-state index contributed by atoms with van der Waals surface area (Å²) in [4.78, 5) is 17.3. The molecule has 0 bridgehead atoms. The van der Waals surface area contributed by atoms with Crippen molar-refractivity contribution in [1.29, 1.82) is 0 Å². The molecular formula is C21H26N4O3S. The predicted molar refractivity (Wildman–Crippen MR) is 114 cm³/mol. The van der Waals surface area contributed by atoms with E-state index in [1.54, 1.807) is 32.9 Å². The van der Waals surface area contributed by atoms with Crippen molar-refractivity contribution in [1.82, 2.24) is 13.9 Å². The fourth-order valence-corrected chi connectivity index (χ4v) is 5.11. The number of anilines is 1. The molecule has 1 heterocycles. The maximum atomic E-state index is 12.9. The number of imidazole rings is 1. The summed E-state index contributed by atoms with van der Waals surface area (Å²) in [6, 6.07) is 12.6. The van der Waals surface area contributed by atoms with E-state index in [2.05, 4.69) is 10.3 Å². The van der Waals surface area contributed by atoms with Gasteiger partial charge in [-0.15, -0.1) is 0 Å². The van der Waals surface area contributed by atoms with Gasteiger partial charge >= 0.3 is 0 Å². The number of aryl methyl sites for hydroxylation is 2. The second-order valence-electron chi connectivity index (χ2n) is 6.85. The first kappa shape index (κ1) is 21.0. The Morgan fingerprint density at radius 3 is 2.48 bits per heavy atom. The van der Waals surface area contributed by atoms with Crippen molar-refractivity contribution in [2.45, 2.75) is 39.1 Å². The summed E-state index contributed by atoms with van der Waals surface area (Å²) in [5, 5.41) is 2.82. The number of carbonyl (C=O) groups is 1. The lowest BCUT2D eigenvalue weighted by atomic mass is 10.2. The molecule has 8 heteroatoms. The van der Waals surface area contributed by atoms with Crippen LogP contribution >= 0.6 is 0 Å². The van der Waals surface area contributed by atoms with Crippen LogP contribution in [0.1, 0.15) is 25.2 Å². The van der Waals surface area contributed by atoms with Crippen LogP contribution in [0.2, 0.25) is 0 Å². The maximum Gasteiger partial charge on any atom is 0.244 e. The summed E-state index contributed by atoms with van der Waals surface area (Å²) >= 11 is 0. The zero-order valence-corrected chi connectivity index (χ0v) is 18.0. The summed E-state index contributed by atoms with van der Waals surface area (Å²) in [7, 11) is -3.61. The molecule has 1 amide bonds. The smallest absolute Gasteiger partial charge is 0.244 e. The Balaban J connectivity index is 1.85. The van der Waals surface area contributed by atoms with Crippen molar-refractivity contribution in [2.75, 3.05) is 18.4 Å². The molecule has 0 spiro atoms. The molecule has 0 saturated heterocycles. The van der Waals surface area contributed by atoms with Crippen LogP contribution in [0.3, 0.4) is 0 Å². The highest BCUT2D eigenvalue weighted by molar-refractivity contribution is 7.89. The first-order valence-corrected chi connectivity index (χ1v) is 11.0. The number of hydrogen-bond donors (Lipinski definition) is 1. The number of hydrogen-bond acceptors (Lipinski definition) is 4. The van der Waals surface area contributed by atoms with E-state index in [1.807, 2.05) is 35.8 Å². The Morgan fingerprint density at radius 1 is 1.10 bits per heavy atom. The van der Waals surface area contributed by atoms with E-state index in [4.69, 9.17) is 0 Å². The van der Waals surface area contributed by atoms with Gasteiger partial charge in [0, 0.05) is 18.8 Å². The predicted octanol–water partition coefficient (Wildman–Crippen LogP) is 3.32. The number of rotatable bonds is 7. The van der Waals surface area contributed by atoms with Crippen LogP contribution in [0.15, 0.2) is 47.4 Å². The van der Waals surface area contributed by atoms with Crippen molar-refractivity contribution < 1.29 is 13.2 Å². The van der Waals surface area contributed by atoms with Crippen LogP contribution in [-0.2, 0) is 21.4 Å². The third-order valence-electron chi connectivity index (χ3n) is 4.94. The molecule has 1 aromatic heterocycles. The minimum Gasteiger partial charge on any atom is -0.324 e. The number of fused-ring (bicyclic) bond motifs is 1. The third kappa shape index (κ3) is 4.18. The van der Waals surface area contributed by atoms with Crippen molar-refractivity contribution in [3.63, 3.8) is 0 Å². The molecular weight excluding hydrogens is 388 g/mol. The summed E-state index contributed by atoms with van der Waals surface area (Å²) in [5.74, 6) is 0.501. The summed E-state index contributed by atoms with van der Waals surface area (Å²) in [6.07, 6.45) is 0. The van der Waals surface area contributed by atoms with Gasteiger partial charge in [0.1, 0.15) is 12.4 Å². The van der Waals surface area contributed by atoms with Gasteiger partial charge in [0.2, 0.25) is 15.9 Å². The highest BCUT2D eigenvalue weighted by atomic mass is 32.2. The quantitative estimate of drug-likeness (QED) is 0.643. The van der Waals surface area contributed by atoms with E-state index < -0.39 is 10.0 Å². The lowest BCUT2D eigenvalue weighted by Crippen LogP contribution is -2.31. The van der Waals surface area contributed by atoms with Gasteiger partial charge in [-0.1, -0.05) is 32.0 Å². The van der Waals surface area contributed by atoms with Gasteiger partial charge in [0.05, 0.1) is 15.9 Å². The number of carbonyl (C=O) groups excluding carboxylic acids is 1. The number of aromatic nitrogens is 2. The molecule has 0 aliphatic heterocycles. The van der Waals surface area contributed by atoms with E-state index in [1.165, 1.54) is 10.4 Å².